The second-order valence-electron chi connectivity index (χ2n) is 5.72. The van der Waals surface area contributed by atoms with Gasteiger partial charge in [0.25, 0.3) is 0 Å². The predicted octanol–water partition coefficient (Wildman–Crippen LogP) is 3.57. The van der Waals surface area contributed by atoms with Gasteiger partial charge < -0.3 is 20.1 Å². The Balaban J connectivity index is 0.00000338. The zero-order valence-electron chi connectivity index (χ0n) is 15.7. The summed E-state index contributed by atoms with van der Waals surface area (Å²) >= 11 is 0. The van der Waals surface area contributed by atoms with Crippen molar-refractivity contribution in [1.82, 2.24) is 10.6 Å². The molecular weight excluding hydrogens is 441 g/mol. The minimum Gasteiger partial charge on any atom is -0.382 e. The first-order chi connectivity index (χ1) is 12.3. The summed E-state index contributed by atoms with van der Waals surface area (Å²) in [6.07, 6.45) is 0.933. The molecule has 0 unspecified atom stereocenters. The SMILES string of the molecule is CCNC(=NCc1cccc2ccccc12)NCCCOCCOC.I. The third kappa shape index (κ3) is 7.88. The van der Waals surface area contributed by atoms with Gasteiger partial charge in [0.15, 0.2) is 5.96 Å². The van der Waals surface area contributed by atoms with E-state index in [-0.39, 0.29) is 24.0 Å². The molecule has 26 heavy (non-hydrogen) atoms. The maximum absolute atomic E-state index is 5.47. The Morgan fingerprint density at radius 3 is 2.62 bits per heavy atom. The topological polar surface area (TPSA) is 54.9 Å². The molecule has 0 fully saturated rings. The van der Waals surface area contributed by atoms with E-state index in [1.54, 1.807) is 7.11 Å². The molecule has 144 valence electrons. The van der Waals surface area contributed by atoms with Crippen molar-refractivity contribution < 1.29 is 9.47 Å². The first-order valence-electron chi connectivity index (χ1n) is 8.90. The van der Waals surface area contributed by atoms with Crippen LogP contribution in [0.4, 0.5) is 0 Å². The summed E-state index contributed by atoms with van der Waals surface area (Å²) in [7, 11) is 1.68. The lowest BCUT2D eigenvalue weighted by Crippen LogP contribution is -2.38. The van der Waals surface area contributed by atoms with Gasteiger partial charge in [0, 0.05) is 26.8 Å². The highest BCUT2D eigenvalue weighted by atomic mass is 127. The number of benzene rings is 2. The van der Waals surface area contributed by atoms with E-state index in [0.29, 0.717) is 19.8 Å². The Kier molecular flexibility index (Phi) is 12.0. The molecule has 0 saturated carbocycles. The van der Waals surface area contributed by atoms with Crippen LogP contribution < -0.4 is 10.6 Å². The van der Waals surface area contributed by atoms with Gasteiger partial charge >= 0.3 is 0 Å². The van der Waals surface area contributed by atoms with Crippen molar-refractivity contribution in [2.75, 3.05) is 40.0 Å². The fraction of sp³-hybridized carbons (Fsp3) is 0.450. The van der Waals surface area contributed by atoms with Gasteiger partial charge in [0.05, 0.1) is 19.8 Å². The summed E-state index contributed by atoms with van der Waals surface area (Å²) in [5.74, 6) is 0.840. The van der Waals surface area contributed by atoms with E-state index in [1.165, 1.54) is 16.3 Å². The Morgan fingerprint density at radius 1 is 1.00 bits per heavy atom. The van der Waals surface area contributed by atoms with Crippen LogP contribution in [0.1, 0.15) is 18.9 Å². The van der Waals surface area contributed by atoms with Crippen LogP contribution in [-0.4, -0.2) is 46.0 Å². The second kappa shape index (κ2) is 13.8. The van der Waals surface area contributed by atoms with Crippen molar-refractivity contribution in [3.05, 3.63) is 48.0 Å². The molecule has 0 aliphatic rings. The monoisotopic (exact) mass is 471 g/mol. The molecule has 2 aromatic rings. The molecule has 0 radical (unpaired) electrons. The molecule has 0 aliphatic carbocycles. The van der Waals surface area contributed by atoms with Crippen molar-refractivity contribution in [3.8, 4) is 0 Å². The number of hydrogen-bond acceptors (Lipinski definition) is 3. The van der Waals surface area contributed by atoms with Gasteiger partial charge in [-0.15, -0.1) is 24.0 Å². The van der Waals surface area contributed by atoms with Crippen molar-refractivity contribution in [2.24, 2.45) is 4.99 Å². The predicted molar refractivity (Wildman–Crippen MR) is 119 cm³/mol. The van der Waals surface area contributed by atoms with E-state index >= 15 is 0 Å². The third-order valence-corrected chi connectivity index (χ3v) is 3.82. The number of rotatable bonds is 10. The lowest BCUT2D eigenvalue weighted by atomic mass is 10.1. The van der Waals surface area contributed by atoms with E-state index < -0.39 is 0 Å². The van der Waals surface area contributed by atoms with Gasteiger partial charge in [-0.05, 0) is 29.7 Å². The number of nitrogens with zero attached hydrogens (tertiary/aromatic N) is 1. The lowest BCUT2D eigenvalue weighted by Gasteiger charge is -2.12. The largest absolute Gasteiger partial charge is 0.382 e. The van der Waals surface area contributed by atoms with E-state index in [2.05, 4.69) is 60.0 Å². The number of methoxy groups -OCH3 is 1. The zero-order valence-corrected chi connectivity index (χ0v) is 18.0. The van der Waals surface area contributed by atoms with Crippen LogP contribution in [0.3, 0.4) is 0 Å². The minimum absolute atomic E-state index is 0. The van der Waals surface area contributed by atoms with Crippen LogP contribution in [0.5, 0.6) is 0 Å². The molecule has 2 N–H and O–H groups in total. The Morgan fingerprint density at radius 2 is 1.81 bits per heavy atom. The van der Waals surface area contributed by atoms with Crippen LogP contribution in [0.15, 0.2) is 47.5 Å². The zero-order chi connectivity index (χ0) is 17.7. The fourth-order valence-corrected chi connectivity index (χ4v) is 2.56. The van der Waals surface area contributed by atoms with Gasteiger partial charge in [0.1, 0.15) is 0 Å². The van der Waals surface area contributed by atoms with Crippen molar-refractivity contribution >= 4 is 40.7 Å². The molecule has 0 aromatic heterocycles. The molecule has 0 atom stereocenters. The standard InChI is InChI=1S/C20H29N3O2.HI/c1-3-21-20(22-12-7-13-25-15-14-24-2)23-16-18-10-6-9-17-8-4-5-11-19(17)18;/h4-6,8-11H,3,7,12-16H2,1-2H3,(H2,21,22,23);1H. The van der Waals surface area contributed by atoms with Gasteiger partial charge in [0.2, 0.25) is 0 Å². The van der Waals surface area contributed by atoms with Crippen LogP contribution in [0.2, 0.25) is 0 Å². The van der Waals surface area contributed by atoms with E-state index in [0.717, 1.165) is 32.1 Å². The Bertz CT molecular complexity index is 659. The van der Waals surface area contributed by atoms with E-state index in [9.17, 15) is 0 Å². The summed E-state index contributed by atoms with van der Waals surface area (Å²) < 4.78 is 10.4. The summed E-state index contributed by atoms with van der Waals surface area (Å²) in [6.45, 7) is 6.40. The average molecular weight is 471 g/mol. The number of fused-ring (bicyclic) bond motifs is 1. The van der Waals surface area contributed by atoms with Gasteiger partial charge in [-0.2, -0.15) is 0 Å². The number of guanidine groups is 1. The summed E-state index contributed by atoms with van der Waals surface area (Å²) in [4.78, 5) is 4.71. The third-order valence-electron chi connectivity index (χ3n) is 3.82. The Hall–Kier alpha value is -1.38. The first-order valence-corrected chi connectivity index (χ1v) is 8.90. The van der Waals surface area contributed by atoms with Crippen molar-refractivity contribution in [3.63, 3.8) is 0 Å². The lowest BCUT2D eigenvalue weighted by molar-refractivity contribution is 0.0698. The smallest absolute Gasteiger partial charge is 0.191 e. The number of nitrogens with one attached hydrogen (secondary N) is 2. The highest BCUT2D eigenvalue weighted by Gasteiger charge is 2.01. The molecular formula is C20H30IN3O2. The van der Waals surface area contributed by atoms with Crippen molar-refractivity contribution in [1.29, 1.82) is 0 Å². The molecule has 5 nitrogen and oxygen atoms in total. The number of ether oxygens (including phenoxy) is 2. The molecule has 2 rings (SSSR count). The van der Waals surface area contributed by atoms with Gasteiger partial charge in [-0.3, -0.25) is 0 Å². The van der Waals surface area contributed by atoms with Crippen LogP contribution in [0.25, 0.3) is 10.8 Å². The normalized spacial score (nSPS) is 11.2. The van der Waals surface area contributed by atoms with Crippen LogP contribution in [-0.2, 0) is 16.0 Å². The summed E-state index contributed by atoms with van der Waals surface area (Å²) in [5.41, 5.74) is 1.23. The Labute approximate surface area is 173 Å². The highest BCUT2D eigenvalue weighted by molar-refractivity contribution is 14.0. The molecule has 6 heteroatoms. The molecule has 0 bridgehead atoms. The molecule has 0 spiro atoms. The number of aliphatic imine (C=N–C) groups is 1. The molecule has 0 saturated heterocycles. The second-order valence-corrected chi connectivity index (χ2v) is 5.72. The molecule has 0 amide bonds. The fourth-order valence-electron chi connectivity index (χ4n) is 2.56. The minimum atomic E-state index is 0. The number of halogens is 1. The molecule has 0 aliphatic heterocycles. The van der Waals surface area contributed by atoms with Gasteiger partial charge in [-0.25, -0.2) is 4.99 Å². The number of hydrogen-bond donors (Lipinski definition) is 2. The molecule has 2 aromatic carbocycles. The van der Waals surface area contributed by atoms with Gasteiger partial charge in [-0.1, -0.05) is 42.5 Å². The van der Waals surface area contributed by atoms with Crippen molar-refractivity contribution in [2.45, 2.75) is 19.9 Å². The van der Waals surface area contributed by atoms with E-state index in [4.69, 9.17) is 14.5 Å². The van der Waals surface area contributed by atoms with Crippen LogP contribution in [0, 0.1) is 0 Å². The quantitative estimate of drug-likeness (QED) is 0.241. The van der Waals surface area contributed by atoms with Crippen LogP contribution >= 0.6 is 24.0 Å². The maximum Gasteiger partial charge on any atom is 0.191 e. The maximum atomic E-state index is 5.47. The average Bonchev–Trinajstić information content (AvgIpc) is 2.65. The summed E-state index contributed by atoms with van der Waals surface area (Å²) in [6, 6.07) is 14.8. The summed E-state index contributed by atoms with van der Waals surface area (Å²) in [5, 5.41) is 9.16. The highest BCUT2D eigenvalue weighted by Crippen LogP contribution is 2.18. The van der Waals surface area contributed by atoms with E-state index in [1.807, 2.05) is 0 Å². The molecule has 0 heterocycles. The first kappa shape index (κ1) is 22.7.